The lowest BCUT2D eigenvalue weighted by Gasteiger charge is -2.40. The van der Waals surface area contributed by atoms with E-state index in [1.165, 1.54) is 22.1 Å². The molecule has 7 heteroatoms. The van der Waals surface area contributed by atoms with Crippen molar-refractivity contribution >= 4 is 12.1 Å². The molecule has 0 aliphatic heterocycles. The number of carbonyl (C=O) groups is 2. The number of hydrogen-bond donors (Lipinski definition) is 1. The monoisotopic (exact) mass is 494 g/mol. The Labute approximate surface area is 214 Å². The molecule has 2 aromatic rings. The minimum absolute atomic E-state index is 0.0403. The van der Waals surface area contributed by atoms with Gasteiger partial charge in [0, 0.05) is 19.0 Å². The number of fused-ring (bicyclic) bond motifs is 3. The van der Waals surface area contributed by atoms with Crippen molar-refractivity contribution in [2.45, 2.75) is 51.4 Å². The molecule has 2 aromatic carbocycles. The number of aliphatic hydroxyl groups is 1. The molecule has 1 aliphatic rings. The molecule has 0 bridgehead atoms. The second kappa shape index (κ2) is 12.2. The summed E-state index contributed by atoms with van der Waals surface area (Å²) < 4.78 is 10.9. The molecule has 3 atom stereocenters. The molecular formula is C29H38N2O5. The quantitative estimate of drug-likeness (QED) is 0.278. The number of hydrogen-bond acceptors (Lipinski definition) is 6. The Balaban J connectivity index is 1.67. The lowest BCUT2D eigenvalue weighted by atomic mass is 9.98. The fraction of sp³-hybridized carbons (Fsp3) is 0.448. The Bertz CT molecular complexity index is 1020. The second-order valence-electron chi connectivity index (χ2n) is 9.75. The summed E-state index contributed by atoms with van der Waals surface area (Å²) in [5.74, 6) is -0.471. The predicted molar refractivity (Wildman–Crippen MR) is 140 cm³/mol. The molecule has 7 nitrogen and oxygen atoms in total. The third-order valence-corrected chi connectivity index (χ3v) is 7.00. The number of amides is 1. The minimum atomic E-state index is -1.00. The Morgan fingerprint density at radius 2 is 1.56 bits per heavy atom. The Morgan fingerprint density at radius 1 is 1.00 bits per heavy atom. The Morgan fingerprint density at radius 3 is 2.08 bits per heavy atom. The van der Waals surface area contributed by atoms with E-state index in [4.69, 9.17) is 9.47 Å². The molecule has 1 aliphatic carbocycles. The first-order valence-corrected chi connectivity index (χ1v) is 12.4. The van der Waals surface area contributed by atoms with E-state index in [2.05, 4.69) is 30.8 Å². The van der Waals surface area contributed by atoms with Gasteiger partial charge in [-0.05, 0) is 42.1 Å². The van der Waals surface area contributed by atoms with E-state index in [1.807, 2.05) is 45.0 Å². The van der Waals surface area contributed by atoms with E-state index >= 15 is 0 Å². The summed E-state index contributed by atoms with van der Waals surface area (Å²) >= 11 is 0. The smallest absolute Gasteiger partial charge is 0.409 e. The second-order valence-corrected chi connectivity index (χ2v) is 9.75. The summed E-state index contributed by atoms with van der Waals surface area (Å²) in [5, 5.41) is 11.2. The van der Waals surface area contributed by atoms with Crippen molar-refractivity contribution < 1.29 is 24.2 Å². The maximum Gasteiger partial charge on any atom is 0.409 e. The first-order chi connectivity index (χ1) is 17.2. The van der Waals surface area contributed by atoms with Crippen molar-refractivity contribution in [2.24, 2.45) is 5.92 Å². The van der Waals surface area contributed by atoms with Crippen LogP contribution in [0.5, 0.6) is 0 Å². The van der Waals surface area contributed by atoms with Gasteiger partial charge < -0.3 is 19.5 Å². The number of benzene rings is 2. The fourth-order valence-corrected chi connectivity index (χ4v) is 4.91. The standard InChI is InChI=1S/C29H38N2O5/c1-7-16-35-26(32)17-20(4)30(5)28(33)27(19(2)3)31(6)29(34)36-18-25-23-14-10-8-12-21(23)22-13-9-11-15-24(22)25/h7-15,19-20,25,27-28,33H,1,16-18H2,2-6H3/t20-,27+,28?/m1/s1. The molecular weight excluding hydrogens is 456 g/mol. The molecule has 3 rings (SSSR count). The molecule has 1 N–H and O–H groups in total. The van der Waals surface area contributed by atoms with Gasteiger partial charge in [-0.2, -0.15) is 0 Å². The first kappa shape index (κ1) is 27.4. The summed E-state index contributed by atoms with van der Waals surface area (Å²) in [7, 11) is 3.38. The molecule has 194 valence electrons. The van der Waals surface area contributed by atoms with E-state index in [0.717, 1.165) is 11.1 Å². The van der Waals surface area contributed by atoms with Crippen LogP contribution in [0.2, 0.25) is 0 Å². The summed E-state index contributed by atoms with van der Waals surface area (Å²) in [6.45, 7) is 9.62. The number of nitrogens with zero attached hydrogens (tertiary/aromatic N) is 2. The lowest BCUT2D eigenvalue weighted by Crippen LogP contribution is -2.56. The van der Waals surface area contributed by atoms with E-state index in [1.54, 1.807) is 19.0 Å². The maximum atomic E-state index is 13.2. The third kappa shape index (κ3) is 5.97. The summed E-state index contributed by atoms with van der Waals surface area (Å²) in [5.41, 5.74) is 4.62. The van der Waals surface area contributed by atoms with Crippen LogP contribution in [0.3, 0.4) is 0 Å². The predicted octanol–water partition coefficient (Wildman–Crippen LogP) is 4.65. The highest BCUT2D eigenvalue weighted by atomic mass is 16.6. The topological polar surface area (TPSA) is 79.3 Å². The van der Waals surface area contributed by atoms with Gasteiger partial charge in [0.1, 0.15) is 19.4 Å². The third-order valence-electron chi connectivity index (χ3n) is 7.00. The van der Waals surface area contributed by atoms with Crippen molar-refractivity contribution in [2.75, 3.05) is 27.3 Å². The van der Waals surface area contributed by atoms with Gasteiger partial charge in [-0.3, -0.25) is 9.69 Å². The highest BCUT2D eigenvalue weighted by Gasteiger charge is 2.36. The van der Waals surface area contributed by atoms with Crippen LogP contribution in [0.4, 0.5) is 4.79 Å². The van der Waals surface area contributed by atoms with Crippen molar-refractivity contribution in [3.8, 4) is 11.1 Å². The fourth-order valence-electron chi connectivity index (χ4n) is 4.91. The molecule has 0 spiro atoms. The maximum absolute atomic E-state index is 13.2. The van der Waals surface area contributed by atoms with Gasteiger partial charge >= 0.3 is 12.1 Å². The van der Waals surface area contributed by atoms with Crippen LogP contribution < -0.4 is 0 Å². The van der Waals surface area contributed by atoms with E-state index in [-0.39, 0.29) is 43.5 Å². The number of aliphatic hydroxyl groups excluding tert-OH is 1. The number of esters is 1. The van der Waals surface area contributed by atoms with E-state index in [0.29, 0.717) is 0 Å². The van der Waals surface area contributed by atoms with Gasteiger partial charge in [-0.1, -0.05) is 75.0 Å². The summed E-state index contributed by atoms with van der Waals surface area (Å²) in [4.78, 5) is 28.3. The van der Waals surface area contributed by atoms with Crippen molar-refractivity contribution in [3.63, 3.8) is 0 Å². The number of carbonyl (C=O) groups excluding carboxylic acids is 2. The van der Waals surface area contributed by atoms with Crippen LogP contribution in [0.15, 0.2) is 61.2 Å². The van der Waals surface area contributed by atoms with Crippen LogP contribution in [0, 0.1) is 5.92 Å². The van der Waals surface area contributed by atoms with Crippen molar-refractivity contribution in [3.05, 3.63) is 72.3 Å². The van der Waals surface area contributed by atoms with E-state index < -0.39 is 18.4 Å². The van der Waals surface area contributed by atoms with Crippen LogP contribution in [0.1, 0.15) is 44.2 Å². The molecule has 1 amide bonds. The summed E-state index contributed by atoms with van der Waals surface area (Å²) in [6.07, 6.45) is 0.124. The van der Waals surface area contributed by atoms with Gasteiger partial charge in [0.15, 0.2) is 0 Å². The Kier molecular flexibility index (Phi) is 9.29. The zero-order valence-electron chi connectivity index (χ0n) is 21.9. The molecule has 1 unspecified atom stereocenters. The minimum Gasteiger partial charge on any atom is -0.461 e. The highest BCUT2D eigenvalue weighted by molar-refractivity contribution is 5.79. The largest absolute Gasteiger partial charge is 0.461 e. The molecule has 0 aromatic heterocycles. The van der Waals surface area contributed by atoms with Crippen LogP contribution in [-0.4, -0.2) is 72.6 Å². The van der Waals surface area contributed by atoms with Crippen LogP contribution in [0.25, 0.3) is 11.1 Å². The number of ether oxygens (including phenoxy) is 2. The average molecular weight is 495 g/mol. The van der Waals surface area contributed by atoms with Gasteiger partial charge in [-0.25, -0.2) is 4.79 Å². The van der Waals surface area contributed by atoms with Gasteiger partial charge in [0.25, 0.3) is 0 Å². The molecule has 0 saturated heterocycles. The molecule has 0 saturated carbocycles. The zero-order valence-corrected chi connectivity index (χ0v) is 21.9. The molecule has 0 heterocycles. The van der Waals surface area contributed by atoms with Gasteiger partial charge in [-0.15, -0.1) is 0 Å². The highest BCUT2D eigenvalue weighted by Crippen LogP contribution is 2.44. The van der Waals surface area contributed by atoms with E-state index in [9.17, 15) is 14.7 Å². The molecule has 0 radical (unpaired) electrons. The number of likely N-dealkylation sites (N-methyl/N-ethyl adjacent to an activating group) is 2. The molecule has 0 fully saturated rings. The zero-order chi connectivity index (χ0) is 26.4. The SMILES string of the molecule is C=CCOC(=O)C[C@@H](C)N(C)C(O)[C@H](C(C)C)N(C)C(=O)OCC1c2ccccc2-c2ccccc21. The van der Waals surface area contributed by atoms with Crippen LogP contribution in [-0.2, 0) is 14.3 Å². The van der Waals surface area contributed by atoms with Gasteiger partial charge in [0.2, 0.25) is 0 Å². The van der Waals surface area contributed by atoms with Crippen molar-refractivity contribution in [1.29, 1.82) is 0 Å². The first-order valence-electron chi connectivity index (χ1n) is 12.4. The lowest BCUT2D eigenvalue weighted by molar-refractivity contribution is -0.145. The normalized spacial score (nSPS) is 15.1. The molecule has 36 heavy (non-hydrogen) atoms. The van der Waals surface area contributed by atoms with Crippen LogP contribution >= 0.6 is 0 Å². The van der Waals surface area contributed by atoms with Crippen molar-refractivity contribution in [1.82, 2.24) is 9.80 Å². The average Bonchev–Trinajstić information content (AvgIpc) is 3.18. The summed E-state index contributed by atoms with van der Waals surface area (Å²) in [6, 6.07) is 15.5. The number of rotatable bonds is 11. The Hall–Kier alpha value is -3.16. The van der Waals surface area contributed by atoms with Gasteiger partial charge in [0.05, 0.1) is 12.5 Å².